The van der Waals surface area contributed by atoms with Crippen LogP contribution in [-0.2, 0) is 9.47 Å². The number of imidazole rings is 2. The number of rotatable bonds is 3. The van der Waals surface area contributed by atoms with Gasteiger partial charge < -0.3 is 19.6 Å². The normalized spacial score (nSPS) is 20.1. The number of aliphatic hydroxyl groups excluding tert-OH is 1. The van der Waals surface area contributed by atoms with Gasteiger partial charge in [0.2, 0.25) is 5.78 Å². The molecule has 1 aliphatic heterocycles. The molecule has 0 amide bonds. The molecule has 4 aromatic rings. The Morgan fingerprint density at radius 1 is 1.33 bits per heavy atom. The van der Waals surface area contributed by atoms with E-state index in [9.17, 15) is 4.79 Å². The summed E-state index contributed by atoms with van der Waals surface area (Å²) in [6.07, 6.45) is 2.06. The van der Waals surface area contributed by atoms with Crippen LogP contribution in [0.4, 0.5) is 0 Å². The molecule has 138 valence electrons. The number of aliphatic hydroxyl groups is 1. The number of nitrogens with zero attached hydrogens (tertiary/aromatic N) is 4. The molecule has 9 heteroatoms. The summed E-state index contributed by atoms with van der Waals surface area (Å²) < 4.78 is 14.0. The highest BCUT2D eigenvalue weighted by Gasteiger charge is 2.29. The van der Waals surface area contributed by atoms with Crippen LogP contribution in [0, 0.1) is 6.92 Å². The number of aryl methyl sites for hydroxylation is 1. The molecule has 1 fully saturated rings. The average Bonchev–Trinajstić information content (AvgIpc) is 3.40. The van der Waals surface area contributed by atoms with Gasteiger partial charge in [0.15, 0.2) is 23.7 Å². The Morgan fingerprint density at radius 3 is 2.89 bits per heavy atom. The maximum atomic E-state index is 12.9. The number of benzene rings is 1. The van der Waals surface area contributed by atoms with E-state index in [1.807, 2.05) is 31.2 Å². The molecule has 1 aromatic carbocycles. The van der Waals surface area contributed by atoms with Crippen molar-refractivity contribution in [1.29, 1.82) is 0 Å². The molecular weight excluding hydrogens is 350 g/mol. The van der Waals surface area contributed by atoms with Crippen molar-refractivity contribution in [1.82, 2.24) is 23.9 Å². The van der Waals surface area contributed by atoms with E-state index in [4.69, 9.17) is 14.6 Å². The van der Waals surface area contributed by atoms with Crippen LogP contribution in [0.3, 0.4) is 0 Å². The van der Waals surface area contributed by atoms with E-state index in [0.717, 1.165) is 16.8 Å². The molecule has 9 nitrogen and oxygen atoms in total. The van der Waals surface area contributed by atoms with Crippen molar-refractivity contribution in [2.75, 3.05) is 13.2 Å². The molecule has 5 rings (SSSR count). The van der Waals surface area contributed by atoms with Crippen LogP contribution in [0.5, 0.6) is 0 Å². The van der Waals surface area contributed by atoms with Gasteiger partial charge in [-0.05, 0) is 12.5 Å². The molecule has 0 spiro atoms. The summed E-state index contributed by atoms with van der Waals surface area (Å²) >= 11 is 0. The minimum absolute atomic E-state index is 0.236. The first-order valence-electron chi connectivity index (χ1n) is 8.57. The van der Waals surface area contributed by atoms with Gasteiger partial charge in [-0.15, -0.1) is 0 Å². The first-order chi connectivity index (χ1) is 13.1. The summed E-state index contributed by atoms with van der Waals surface area (Å²) in [5.41, 5.74) is 3.31. The van der Waals surface area contributed by atoms with Crippen LogP contribution in [0.25, 0.3) is 28.2 Å². The second kappa shape index (κ2) is 6.02. The number of aromatic amines is 1. The predicted octanol–water partition coefficient (Wildman–Crippen LogP) is 1.21. The minimum Gasteiger partial charge on any atom is -0.391 e. The van der Waals surface area contributed by atoms with Crippen molar-refractivity contribution >= 4 is 16.9 Å². The Hall–Kier alpha value is -3.01. The summed E-state index contributed by atoms with van der Waals surface area (Å²) in [5.74, 6) is 0.419. The largest absolute Gasteiger partial charge is 0.391 e. The predicted molar refractivity (Wildman–Crippen MR) is 96.2 cm³/mol. The lowest BCUT2D eigenvalue weighted by atomic mass is 10.1. The molecule has 1 aliphatic rings. The van der Waals surface area contributed by atoms with Gasteiger partial charge in [-0.1, -0.05) is 29.8 Å². The third-order valence-corrected chi connectivity index (χ3v) is 4.69. The van der Waals surface area contributed by atoms with E-state index in [0.29, 0.717) is 11.4 Å². The molecule has 3 aromatic heterocycles. The first-order valence-corrected chi connectivity index (χ1v) is 8.57. The smallest absolute Gasteiger partial charge is 0.287 e. The fraction of sp³-hybridized carbons (Fsp3) is 0.278. The van der Waals surface area contributed by atoms with Gasteiger partial charge in [-0.2, -0.15) is 4.98 Å². The van der Waals surface area contributed by atoms with Gasteiger partial charge in [0.05, 0.1) is 25.2 Å². The van der Waals surface area contributed by atoms with E-state index in [2.05, 4.69) is 15.0 Å². The van der Waals surface area contributed by atoms with Crippen LogP contribution in [-0.4, -0.2) is 48.5 Å². The second-order valence-corrected chi connectivity index (χ2v) is 6.50. The summed E-state index contributed by atoms with van der Waals surface area (Å²) in [4.78, 5) is 24.8. The number of aromatic nitrogens is 5. The fourth-order valence-corrected chi connectivity index (χ4v) is 3.25. The molecule has 4 heterocycles. The molecule has 0 radical (unpaired) electrons. The highest BCUT2D eigenvalue weighted by molar-refractivity contribution is 5.73. The summed E-state index contributed by atoms with van der Waals surface area (Å²) in [7, 11) is 0. The van der Waals surface area contributed by atoms with E-state index in [1.54, 1.807) is 10.8 Å². The van der Waals surface area contributed by atoms with Crippen LogP contribution in [0.2, 0.25) is 0 Å². The van der Waals surface area contributed by atoms with Crippen molar-refractivity contribution in [3.63, 3.8) is 0 Å². The Morgan fingerprint density at radius 2 is 2.15 bits per heavy atom. The van der Waals surface area contributed by atoms with E-state index in [-0.39, 0.29) is 24.3 Å². The molecule has 2 N–H and O–H groups in total. The Labute approximate surface area is 152 Å². The maximum absolute atomic E-state index is 12.9. The van der Waals surface area contributed by atoms with Gasteiger partial charge in [0, 0.05) is 6.20 Å². The summed E-state index contributed by atoms with van der Waals surface area (Å²) in [6, 6.07) is 8.00. The zero-order valence-corrected chi connectivity index (χ0v) is 14.5. The van der Waals surface area contributed by atoms with Crippen LogP contribution < -0.4 is 5.56 Å². The quantitative estimate of drug-likeness (QED) is 0.564. The molecule has 1 saturated heterocycles. The second-order valence-electron chi connectivity index (χ2n) is 6.50. The molecule has 0 bridgehead atoms. The lowest BCUT2D eigenvalue weighted by Crippen LogP contribution is -2.17. The van der Waals surface area contributed by atoms with Gasteiger partial charge in [0.25, 0.3) is 5.56 Å². The summed E-state index contributed by atoms with van der Waals surface area (Å²) in [5, 5.41) is 9.16. The van der Waals surface area contributed by atoms with Gasteiger partial charge in [-0.25, -0.2) is 9.38 Å². The van der Waals surface area contributed by atoms with Crippen molar-refractivity contribution < 1.29 is 14.6 Å². The Bertz CT molecular complexity index is 1190. The number of H-pyrrole nitrogens is 1. The van der Waals surface area contributed by atoms with Crippen molar-refractivity contribution in [3.8, 4) is 11.3 Å². The molecule has 0 aliphatic carbocycles. The Balaban J connectivity index is 1.63. The first kappa shape index (κ1) is 16.2. The number of ether oxygens (including phenoxy) is 2. The number of fused-ring (bicyclic) bond motifs is 2. The number of hydrogen-bond donors (Lipinski definition) is 2. The highest BCUT2D eigenvalue weighted by Crippen LogP contribution is 2.24. The Kier molecular flexibility index (Phi) is 3.61. The van der Waals surface area contributed by atoms with E-state index in [1.165, 1.54) is 10.7 Å². The van der Waals surface area contributed by atoms with Gasteiger partial charge >= 0.3 is 0 Å². The molecule has 27 heavy (non-hydrogen) atoms. The summed E-state index contributed by atoms with van der Waals surface area (Å²) in [6.45, 7) is 2.03. The van der Waals surface area contributed by atoms with Crippen molar-refractivity contribution in [2.45, 2.75) is 19.4 Å². The van der Waals surface area contributed by atoms with E-state index >= 15 is 0 Å². The fourth-order valence-electron chi connectivity index (χ4n) is 3.25. The lowest BCUT2D eigenvalue weighted by Gasteiger charge is -2.11. The van der Waals surface area contributed by atoms with Gasteiger partial charge in [-0.3, -0.25) is 9.36 Å². The molecular formula is C18H17N5O4. The lowest BCUT2D eigenvalue weighted by molar-refractivity contribution is -0.0980. The SMILES string of the molecule is Cc1ccc(-c2cn3c(=O)c4ncn([C@H]5CO[C@@H](CO)O5)c4nc3[nH]2)cc1. The average molecular weight is 367 g/mol. The maximum Gasteiger partial charge on any atom is 0.287 e. The van der Waals surface area contributed by atoms with Crippen LogP contribution >= 0.6 is 0 Å². The molecule has 0 saturated carbocycles. The standard InChI is InChI=1S/C18H17N5O4/c1-10-2-4-11(5-3-10)12-6-22-17(25)15-16(21-18(22)20-12)23(9-19-15)13-8-26-14(7-24)27-13/h2-6,9,13-14,24H,7-8H2,1H3,(H,20,21)/t13-,14-/m1/s1. The third kappa shape index (κ3) is 2.55. The number of hydrogen-bond acceptors (Lipinski definition) is 6. The monoisotopic (exact) mass is 367 g/mol. The third-order valence-electron chi connectivity index (χ3n) is 4.69. The topological polar surface area (TPSA) is 107 Å². The minimum atomic E-state index is -0.684. The van der Waals surface area contributed by atoms with Crippen molar-refractivity contribution in [2.24, 2.45) is 0 Å². The zero-order valence-electron chi connectivity index (χ0n) is 14.5. The van der Waals surface area contributed by atoms with Gasteiger partial charge in [0.1, 0.15) is 0 Å². The molecule has 2 atom stereocenters. The zero-order chi connectivity index (χ0) is 18.5. The molecule has 0 unspecified atom stereocenters. The number of nitrogens with one attached hydrogen (secondary N) is 1. The highest BCUT2D eigenvalue weighted by atomic mass is 16.7. The van der Waals surface area contributed by atoms with E-state index < -0.39 is 12.5 Å². The van der Waals surface area contributed by atoms with Crippen molar-refractivity contribution in [3.05, 3.63) is 52.7 Å². The van der Waals surface area contributed by atoms with Crippen LogP contribution in [0.15, 0.2) is 41.6 Å². The van der Waals surface area contributed by atoms with Crippen LogP contribution in [0.1, 0.15) is 11.8 Å².